The summed E-state index contributed by atoms with van der Waals surface area (Å²) >= 11 is 0. The molecule has 0 amide bonds. The highest BCUT2D eigenvalue weighted by Gasteiger charge is 2.19. The second kappa shape index (κ2) is 12.9. The van der Waals surface area contributed by atoms with E-state index in [1.165, 1.54) is 44.9 Å². The Kier molecular flexibility index (Phi) is 12.3. The van der Waals surface area contributed by atoms with E-state index in [2.05, 4.69) is 6.92 Å². The Bertz CT molecular complexity index is 263. The Hall–Kier alpha value is -1.06. The van der Waals surface area contributed by atoms with Gasteiger partial charge in [-0.25, -0.2) is 0 Å². The van der Waals surface area contributed by atoms with Crippen molar-refractivity contribution in [3.8, 4) is 0 Å². The third-order valence-electron chi connectivity index (χ3n) is 3.68. The van der Waals surface area contributed by atoms with Gasteiger partial charge in [0.2, 0.25) is 0 Å². The van der Waals surface area contributed by atoms with Gasteiger partial charge in [-0.15, -0.1) is 0 Å². The third-order valence-corrected chi connectivity index (χ3v) is 3.68. The molecule has 4 nitrogen and oxygen atoms in total. The van der Waals surface area contributed by atoms with Crippen LogP contribution in [0.25, 0.3) is 0 Å². The molecule has 1 atom stereocenters. The second-order valence-electron chi connectivity index (χ2n) is 5.60. The van der Waals surface area contributed by atoms with Crippen molar-refractivity contribution in [2.24, 2.45) is 5.92 Å². The highest BCUT2D eigenvalue weighted by molar-refractivity contribution is 5.77. The van der Waals surface area contributed by atoms with Gasteiger partial charge in [-0.1, -0.05) is 71.1 Å². The molecule has 118 valence electrons. The summed E-state index contributed by atoms with van der Waals surface area (Å²) in [5, 5.41) is 17.5. The second-order valence-corrected chi connectivity index (χ2v) is 5.60. The first-order valence-corrected chi connectivity index (χ1v) is 8.02. The predicted octanol–water partition coefficient (Wildman–Crippen LogP) is 4.47. The number of hydrogen-bond donors (Lipinski definition) is 2. The van der Waals surface area contributed by atoms with Crippen LogP contribution in [0, 0.1) is 5.92 Å². The van der Waals surface area contributed by atoms with Crippen LogP contribution < -0.4 is 0 Å². The first kappa shape index (κ1) is 18.9. The smallest absolute Gasteiger partial charge is 0.307 e. The fraction of sp³-hybridized carbons (Fsp3) is 0.875. The van der Waals surface area contributed by atoms with E-state index < -0.39 is 17.9 Å². The SMILES string of the molecule is CCCCCCCCCCCC[C@H](CC(=O)O)C(=O)O. The number of unbranched alkanes of at least 4 members (excludes halogenated alkanes) is 9. The van der Waals surface area contributed by atoms with E-state index >= 15 is 0 Å². The molecular formula is C16H30O4. The largest absolute Gasteiger partial charge is 0.481 e. The van der Waals surface area contributed by atoms with Gasteiger partial charge in [-0.05, 0) is 6.42 Å². The normalized spacial score (nSPS) is 12.2. The van der Waals surface area contributed by atoms with Crippen molar-refractivity contribution in [2.75, 3.05) is 0 Å². The van der Waals surface area contributed by atoms with E-state index in [-0.39, 0.29) is 6.42 Å². The van der Waals surface area contributed by atoms with Crippen molar-refractivity contribution in [3.05, 3.63) is 0 Å². The van der Waals surface area contributed by atoms with E-state index in [0.29, 0.717) is 6.42 Å². The Morgan fingerprint density at radius 3 is 1.65 bits per heavy atom. The van der Waals surface area contributed by atoms with E-state index in [0.717, 1.165) is 19.3 Å². The molecule has 0 radical (unpaired) electrons. The van der Waals surface area contributed by atoms with Gasteiger partial charge in [0.15, 0.2) is 0 Å². The van der Waals surface area contributed by atoms with Crippen LogP contribution in [0.15, 0.2) is 0 Å². The number of aliphatic carboxylic acids is 2. The Labute approximate surface area is 122 Å². The lowest BCUT2D eigenvalue weighted by atomic mass is 9.97. The van der Waals surface area contributed by atoms with Gasteiger partial charge in [0, 0.05) is 0 Å². The summed E-state index contributed by atoms with van der Waals surface area (Å²) in [5.74, 6) is -2.73. The quantitative estimate of drug-likeness (QED) is 0.462. The average molecular weight is 286 g/mol. The maximum Gasteiger partial charge on any atom is 0.307 e. The maximum atomic E-state index is 10.9. The Balaban J connectivity index is 3.41. The predicted molar refractivity (Wildman–Crippen MR) is 79.8 cm³/mol. The lowest BCUT2D eigenvalue weighted by Gasteiger charge is -2.09. The van der Waals surface area contributed by atoms with Gasteiger partial charge in [0.1, 0.15) is 0 Å². The minimum atomic E-state index is -1.02. The zero-order chi connectivity index (χ0) is 15.2. The molecule has 0 aromatic carbocycles. The fourth-order valence-corrected chi connectivity index (χ4v) is 2.40. The van der Waals surface area contributed by atoms with Gasteiger partial charge in [-0.3, -0.25) is 9.59 Å². The molecule has 2 N–H and O–H groups in total. The lowest BCUT2D eigenvalue weighted by molar-refractivity contribution is -0.148. The number of rotatable bonds is 14. The van der Waals surface area contributed by atoms with Gasteiger partial charge in [0.05, 0.1) is 12.3 Å². The zero-order valence-electron chi connectivity index (χ0n) is 12.8. The first-order valence-electron chi connectivity index (χ1n) is 8.02. The zero-order valence-corrected chi connectivity index (χ0v) is 12.8. The summed E-state index contributed by atoms with van der Waals surface area (Å²) in [6.07, 6.45) is 12.2. The summed E-state index contributed by atoms with van der Waals surface area (Å²) in [6.45, 7) is 2.22. The van der Waals surface area contributed by atoms with Crippen LogP contribution >= 0.6 is 0 Å². The minimum Gasteiger partial charge on any atom is -0.481 e. The molecule has 20 heavy (non-hydrogen) atoms. The summed E-state index contributed by atoms with van der Waals surface area (Å²) in [5.41, 5.74) is 0. The maximum absolute atomic E-state index is 10.9. The molecule has 0 spiro atoms. The first-order chi connectivity index (χ1) is 9.57. The summed E-state index contributed by atoms with van der Waals surface area (Å²) < 4.78 is 0. The number of carbonyl (C=O) groups is 2. The van der Waals surface area contributed by atoms with Gasteiger partial charge in [-0.2, -0.15) is 0 Å². The molecule has 0 saturated heterocycles. The fourth-order valence-electron chi connectivity index (χ4n) is 2.40. The molecule has 0 bridgehead atoms. The molecule has 0 aliphatic carbocycles. The molecule has 0 saturated carbocycles. The van der Waals surface area contributed by atoms with E-state index in [1.807, 2.05) is 0 Å². The molecule has 0 aromatic rings. The molecule has 0 fully saturated rings. The summed E-state index contributed by atoms with van der Waals surface area (Å²) in [7, 11) is 0. The summed E-state index contributed by atoms with van der Waals surface area (Å²) in [4.78, 5) is 21.4. The van der Waals surface area contributed by atoms with Crippen molar-refractivity contribution >= 4 is 11.9 Å². The Morgan fingerprint density at radius 1 is 0.800 bits per heavy atom. The summed E-state index contributed by atoms with van der Waals surface area (Å²) in [6, 6.07) is 0. The topological polar surface area (TPSA) is 74.6 Å². The molecule has 4 heteroatoms. The molecule has 0 aliphatic rings. The van der Waals surface area contributed by atoms with Crippen LogP contribution in [0.4, 0.5) is 0 Å². The van der Waals surface area contributed by atoms with Gasteiger partial charge < -0.3 is 10.2 Å². The van der Waals surface area contributed by atoms with E-state index in [1.54, 1.807) is 0 Å². The Morgan fingerprint density at radius 2 is 1.25 bits per heavy atom. The standard InChI is InChI=1S/C16H30O4/c1-2-3-4-5-6-7-8-9-10-11-12-14(16(19)20)13-15(17)18/h14H,2-13H2,1H3,(H,17,18)(H,19,20)/t14-/m1/s1. The van der Waals surface area contributed by atoms with Crippen LogP contribution in [0.2, 0.25) is 0 Å². The molecule has 0 unspecified atom stereocenters. The molecular weight excluding hydrogens is 256 g/mol. The van der Waals surface area contributed by atoms with Crippen LogP contribution in [-0.2, 0) is 9.59 Å². The van der Waals surface area contributed by atoms with Crippen molar-refractivity contribution < 1.29 is 19.8 Å². The minimum absolute atomic E-state index is 0.257. The van der Waals surface area contributed by atoms with Crippen molar-refractivity contribution in [3.63, 3.8) is 0 Å². The van der Waals surface area contributed by atoms with E-state index in [9.17, 15) is 9.59 Å². The van der Waals surface area contributed by atoms with Crippen LogP contribution in [0.3, 0.4) is 0 Å². The van der Waals surface area contributed by atoms with Crippen LogP contribution in [-0.4, -0.2) is 22.2 Å². The van der Waals surface area contributed by atoms with Crippen LogP contribution in [0.5, 0.6) is 0 Å². The van der Waals surface area contributed by atoms with E-state index in [4.69, 9.17) is 10.2 Å². The molecule has 0 heterocycles. The molecule has 0 rings (SSSR count). The number of carboxylic acids is 2. The molecule has 0 aliphatic heterocycles. The molecule has 0 aromatic heterocycles. The lowest BCUT2D eigenvalue weighted by Crippen LogP contribution is -2.17. The third kappa shape index (κ3) is 12.0. The van der Waals surface area contributed by atoms with Gasteiger partial charge >= 0.3 is 11.9 Å². The van der Waals surface area contributed by atoms with Crippen molar-refractivity contribution in [1.82, 2.24) is 0 Å². The average Bonchev–Trinajstić information content (AvgIpc) is 2.39. The monoisotopic (exact) mass is 286 g/mol. The highest BCUT2D eigenvalue weighted by atomic mass is 16.4. The van der Waals surface area contributed by atoms with Crippen LogP contribution in [0.1, 0.15) is 84.0 Å². The number of carboxylic acid groups (broad SMARTS) is 2. The van der Waals surface area contributed by atoms with Crippen molar-refractivity contribution in [1.29, 1.82) is 0 Å². The highest BCUT2D eigenvalue weighted by Crippen LogP contribution is 2.16. The van der Waals surface area contributed by atoms with Gasteiger partial charge in [0.25, 0.3) is 0 Å². The van der Waals surface area contributed by atoms with Crippen molar-refractivity contribution in [2.45, 2.75) is 84.0 Å². The number of hydrogen-bond acceptors (Lipinski definition) is 2.